The zero-order valence-corrected chi connectivity index (χ0v) is 43.4. The third-order valence-corrected chi connectivity index (χ3v) is 13.4. The SMILES string of the molecule is CCCCCCC/C=C\C/C=C\CCCCCCCCCCCCCCCCCCCCCC(=O)NC(COC1OC(CO)C(O)C(O)C1O)C(O)/C=C/CC/C=C/CCCCCCCCC. The van der Waals surface area contributed by atoms with Crippen LogP contribution in [0.15, 0.2) is 48.6 Å². The van der Waals surface area contributed by atoms with Crippen molar-refractivity contribution in [2.75, 3.05) is 13.2 Å². The van der Waals surface area contributed by atoms with E-state index in [1.807, 2.05) is 6.08 Å². The average molecular weight is 946 g/mol. The fraction of sp³-hybridized carbons (Fsp3) is 0.845. The molecule has 1 fully saturated rings. The molecule has 9 nitrogen and oxygen atoms in total. The number of amides is 1. The van der Waals surface area contributed by atoms with Gasteiger partial charge in [0.2, 0.25) is 5.91 Å². The minimum Gasteiger partial charge on any atom is -0.394 e. The third kappa shape index (κ3) is 37.6. The highest BCUT2D eigenvalue weighted by Gasteiger charge is 2.44. The molecule has 0 spiro atoms. The molecule has 1 rings (SSSR count). The number of unbranched alkanes of at least 4 members (excludes halogenated alkanes) is 32. The van der Waals surface area contributed by atoms with Crippen molar-refractivity contribution < 1.29 is 39.8 Å². The van der Waals surface area contributed by atoms with E-state index in [0.717, 1.165) is 44.9 Å². The third-order valence-electron chi connectivity index (χ3n) is 13.4. The predicted octanol–water partition coefficient (Wildman–Crippen LogP) is 13.7. The van der Waals surface area contributed by atoms with Gasteiger partial charge in [0.25, 0.3) is 0 Å². The highest BCUT2D eigenvalue weighted by Crippen LogP contribution is 2.23. The number of carbonyl (C=O) groups excluding carboxylic acids is 1. The second-order valence-corrected chi connectivity index (χ2v) is 19.7. The summed E-state index contributed by atoms with van der Waals surface area (Å²) in [6.45, 7) is 3.75. The lowest BCUT2D eigenvalue weighted by molar-refractivity contribution is -0.302. The van der Waals surface area contributed by atoms with Crippen LogP contribution in [-0.2, 0) is 14.3 Å². The molecular weight excluding hydrogens is 839 g/mol. The summed E-state index contributed by atoms with van der Waals surface area (Å²) in [7, 11) is 0. The van der Waals surface area contributed by atoms with Gasteiger partial charge in [-0.2, -0.15) is 0 Å². The summed E-state index contributed by atoms with van der Waals surface area (Å²) < 4.78 is 11.2. The van der Waals surface area contributed by atoms with Gasteiger partial charge in [-0.05, 0) is 64.2 Å². The average Bonchev–Trinajstić information content (AvgIpc) is 3.33. The van der Waals surface area contributed by atoms with Crippen molar-refractivity contribution >= 4 is 5.91 Å². The molecule has 0 saturated carbocycles. The Morgan fingerprint density at radius 2 is 0.896 bits per heavy atom. The zero-order valence-electron chi connectivity index (χ0n) is 43.4. The van der Waals surface area contributed by atoms with Crippen LogP contribution >= 0.6 is 0 Å². The summed E-state index contributed by atoms with van der Waals surface area (Å²) in [5.41, 5.74) is 0. The molecular formula is C58H107NO8. The van der Waals surface area contributed by atoms with Crippen molar-refractivity contribution in [1.82, 2.24) is 5.32 Å². The first kappa shape index (κ1) is 63.2. The van der Waals surface area contributed by atoms with E-state index in [4.69, 9.17) is 9.47 Å². The molecule has 1 heterocycles. The summed E-state index contributed by atoms with van der Waals surface area (Å²) >= 11 is 0. The van der Waals surface area contributed by atoms with E-state index in [1.54, 1.807) is 6.08 Å². The van der Waals surface area contributed by atoms with Crippen molar-refractivity contribution in [2.45, 2.75) is 301 Å². The van der Waals surface area contributed by atoms with E-state index in [9.17, 15) is 30.3 Å². The molecule has 7 atom stereocenters. The molecule has 7 unspecified atom stereocenters. The Labute approximate surface area is 412 Å². The number of rotatable bonds is 48. The van der Waals surface area contributed by atoms with Crippen LogP contribution in [0.25, 0.3) is 0 Å². The Kier molecular flexibility index (Phi) is 45.1. The first-order valence-electron chi connectivity index (χ1n) is 28.4. The highest BCUT2D eigenvalue weighted by atomic mass is 16.7. The van der Waals surface area contributed by atoms with Crippen molar-refractivity contribution in [1.29, 1.82) is 0 Å². The topological polar surface area (TPSA) is 149 Å². The second kappa shape index (κ2) is 47.8. The van der Waals surface area contributed by atoms with E-state index in [2.05, 4.69) is 55.6 Å². The van der Waals surface area contributed by atoms with Crippen molar-refractivity contribution in [3.8, 4) is 0 Å². The molecule has 1 aliphatic heterocycles. The van der Waals surface area contributed by atoms with Gasteiger partial charge in [-0.15, -0.1) is 0 Å². The quantitative estimate of drug-likeness (QED) is 0.0261. The van der Waals surface area contributed by atoms with E-state index in [1.165, 1.54) is 193 Å². The van der Waals surface area contributed by atoms with Gasteiger partial charge >= 0.3 is 0 Å². The molecule has 392 valence electrons. The number of allylic oxidation sites excluding steroid dienone is 7. The van der Waals surface area contributed by atoms with Gasteiger partial charge in [0.05, 0.1) is 25.4 Å². The van der Waals surface area contributed by atoms with Gasteiger partial charge in [0, 0.05) is 6.42 Å². The first-order chi connectivity index (χ1) is 32.8. The van der Waals surface area contributed by atoms with Crippen LogP contribution in [0, 0.1) is 0 Å². The van der Waals surface area contributed by atoms with Gasteiger partial charge in [-0.3, -0.25) is 4.79 Å². The Hall–Kier alpha value is -1.85. The number of hydrogen-bond acceptors (Lipinski definition) is 8. The van der Waals surface area contributed by atoms with E-state index >= 15 is 0 Å². The molecule has 0 radical (unpaired) electrons. The van der Waals surface area contributed by atoms with Crippen molar-refractivity contribution in [3.05, 3.63) is 48.6 Å². The fourth-order valence-electron chi connectivity index (χ4n) is 8.85. The highest BCUT2D eigenvalue weighted by molar-refractivity contribution is 5.76. The van der Waals surface area contributed by atoms with Crippen molar-refractivity contribution in [2.24, 2.45) is 0 Å². The normalized spacial score (nSPS) is 20.0. The van der Waals surface area contributed by atoms with Crippen LogP contribution in [0.5, 0.6) is 0 Å². The molecule has 67 heavy (non-hydrogen) atoms. The first-order valence-corrected chi connectivity index (χ1v) is 28.4. The maximum Gasteiger partial charge on any atom is 0.220 e. The monoisotopic (exact) mass is 946 g/mol. The van der Waals surface area contributed by atoms with E-state index in [-0.39, 0.29) is 12.5 Å². The van der Waals surface area contributed by atoms with Crippen LogP contribution in [0.3, 0.4) is 0 Å². The number of aliphatic hydroxyl groups excluding tert-OH is 5. The Balaban J connectivity index is 2.14. The van der Waals surface area contributed by atoms with E-state index in [0.29, 0.717) is 6.42 Å². The molecule has 1 aliphatic rings. The number of hydrogen-bond donors (Lipinski definition) is 6. The van der Waals surface area contributed by atoms with Gasteiger partial charge in [0.15, 0.2) is 6.29 Å². The number of carbonyl (C=O) groups is 1. The molecule has 1 saturated heterocycles. The maximum absolute atomic E-state index is 13.0. The lowest BCUT2D eigenvalue weighted by Gasteiger charge is -2.40. The largest absolute Gasteiger partial charge is 0.394 e. The van der Waals surface area contributed by atoms with Gasteiger partial charge in [-0.1, -0.05) is 236 Å². The fourth-order valence-corrected chi connectivity index (χ4v) is 8.85. The minimum atomic E-state index is -1.57. The Morgan fingerprint density at radius 3 is 1.34 bits per heavy atom. The van der Waals surface area contributed by atoms with Crippen LogP contribution in [0.1, 0.15) is 258 Å². The zero-order chi connectivity index (χ0) is 48.7. The second-order valence-electron chi connectivity index (χ2n) is 19.7. The van der Waals surface area contributed by atoms with Crippen LogP contribution in [0.2, 0.25) is 0 Å². The van der Waals surface area contributed by atoms with Crippen LogP contribution < -0.4 is 5.32 Å². The standard InChI is InChI=1S/C58H107NO8/c1-3-5-7-9-11-13-15-17-18-19-20-21-22-23-24-25-26-27-28-29-30-31-32-33-34-36-38-40-42-44-46-48-54(62)59-51(50-66-58-57(65)56(64)55(63)53(49-60)67-58)52(61)47-45-43-41-39-37-35-16-14-12-10-8-6-4-2/h15,17,19-20,37,39,45,47,51-53,55-58,60-61,63-65H,3-14,16,18,21-36,38,40-44,46,48-50H2,1-2H3,(H,59,62)/b17-15-,20-19-,39-37+,47-45+. The summed E-state index contributed by atoms with van der Waals surface area (Å²) in [4.78, 5) is 13.0. The Bertz CT molecular complexity index is 1190. The molecule has 6 N–H and O–H groups in total. The molecule has 0 bridgehead atoms. The summed E-state index contributed by atoms with van der Waals surface area (Å²) in [6, 6.07) is -0.820. The number of nitrogens with one attached hydrogen (secondary N) is 1. The van der Waals surface area contributed by atoms with E-state index < -0.39 is 49.5 Å². The lowest BCUT2D eigenvalue weighted by atomic mass is 9.99. The van der Waals surface area contributed by atoms with Gasteiger partial charge in [0.1, 0.15) is 24.4 Å². The van der Waals surface area contributed by atoms with Crippen LogP contribution in [-0.4, -0.2) is 87.5 Å². The number of aliphatic hydroxyl groups is 5. The lowest BCUT2D eigenvalue weighted by Crippen LogP contribution is -2.60. The summed E-state index contributed by atoms with van der Waals surface area (Å²) in [5, 5.41) is 54.3. The Morgan fingerprint density at radius 1 is 0.507 bits per heavy atom. The minimum absolute atomic E-state index is 0.185. The van der Waals surface area contributed by atoms with Crippen LogP contribution in [0.4, 0.5) is 0 Å². The molecule has 1 amide bonds. The summed E-state index contributed by atoms with van der Waals surface area (Å²) in [6.07, 6.45) is 56.2. The molecule has 0 aromatic heterocycles. The smallest absolute Gasteiger partial charge is 0.220 e. The van der Waals surface area contributed by atoms with Gasteiger partial charge in [-0.25, -0.2) is 0 Å². The maximum atomic E-state index is 13.0. The molecule has 9 heteroatoms. The van der Waals surface area contributed by atoms with Crippen molar-refractivity contribution in [3.63, 3.8) is 0 Å². The molecule has 0 aromatic carbocycles. The number of ether oxygens (including phenoxy) is 2. The van der Waals surface area contributed by atoms with Gasteiger partial charge < -0.3 is 40.3 Å². The summed E-state index contributed by atoms with van der Waals surface area (Å²) in [5.74, 6) is -0.185. The molecule has 0 aromatic rings. The molecule has 0 aliphatic carbocycles. The predicted molar refractivity (Wildman–Crippen MR) is 281 cm³/mol.